The molecule has 1 fully saturated rings. The Kier molecular flexibility index (Phi) is 5.04. The zero-order valence-electron chi connectivity index (χ0n) is 10.5. The van der Waals surface area contributed by atoms with E-state index in [0.29, 0.717) is 0 Å². The Bertz CT molecular complexity index is 300. The fraction of sp³-hybridized carbons (Fsp3) is 0.692. The lowest BCUT2D eigenvalue weighted by molar-refractivity contribution is 0.153. The fourth-order valence-corrected chi connectivity index (χ4v) is 2.35. The molecule has 0 aliphatic carbocycles. The number of nitrogens with zero attached hydrogens (tertiary/aromatic N) is 1. The van der Waals surface area contributed by atoms with Gasteiger partial charge in [-0.25, -0.2) is 0 Å². The summed E-state index contributed by atoms with van der Waals surface area (Å²) in [6.07, 6.45) is 4.78. The van der Waals surface area contributed by atoms with Gasteiger partial charge >= 0.3 is 0 Å². The van der Waals surface area contributed by atoms with Crippen LogP contribution in [0.1, 0.15) is 12.0 Å². The summed E-state index contributed by atoms with van der Waals surface area (Å²) < 4.78 is 10.2. The molecule has 0 spiro atoms. The van der Waals surface area contributed by atoms with Gasteiger partial charge in [-0.1, -0.05) is 0 Å². The standard InChI is InChI=1S/C13H22N2O2/c1-16-10-13-2-5-15(9-13)6-4-14-8-12-3-7-17-11-12/h3,7,11,13-14H,2,4-6,8-10H2,1H3. The van der Waals surface area contributed by atoms with Gasteiger partial charge in [0, 0.05) is 38.9 Å². The molecule has 0 radical (unpaired) electrons. The van der Waals surface area contributed by atoms with Crippen LogP contribution in [0.25, 0.3) is 0 Å². The number of methoxy groups -OCH3 is 1. The normalized spacial score (nSPS) is 21.1. The maximum absolute atomic E-state index is 5.20. The molecule has 4 nitrogen and oxygen atoms in total. The molecule has 2 heterocycles. The maximum Gasteiger partial charge on any atom is 0.0947 e. The minimum absolute atomic E-state index is 0.730. The van der Waals surface area contributed by atoms with E-state index < -0.39 is 0 Å². The van der Waals surface area contributed by atoms with Crippen LogP contribution in [-0.4, -0.2) is 44.8 Å². The van der Waals surface area contributed by atoms with Gasteiger partial charge in [0.2, 0.25) is 0 Å². The quantitative estimate of drug-likeness (QED) is 0.727. The highest BCUT2D eigenvalue weighted by Crippen LogP contribution is 2.15. The summed E-state index contributed by atoms with van der Waals surface area (Å²) in [7, 11) is 1.79. The molecule has 1 aromatic rings. The van der Waals surface area contributed by atoms with Crippen LogP contribution in [0.15, 0.2) is 23.0 Å². The Morgan fingerprint density at radius 2 is 2.53 bits per heavy atom. The molecule has 4 heteroatoms. The van der Waals surface area contributed by atoms with Gasteiger partial charge in [-0.2, -0.15) is 0 Å². The second-order valence-corrected chi connectivity index (χ2v) is 4.72. The molecule has 17 heavy (non-hydrogen) atoms. The third kappa shape index (κ3) is 4.15. The fourth-order valence-electron chi connectivity index (χ4n) is 2.35. The van der Waals surface area contributed by atoms with Crippen LogP contribution in [0.4, 0.5) is 0 Å². The Balaban J connectivity index is 1.54. The van der Waals surface area contributed by atoms with Crippen LogP contribution in [0.2, 0.25) is 0 Å². The Hall–Kier alpha value is -0.840. The molecular formula is C13H22N2O2. The van der Waals surface area contributed by atoms with Crippen molar-refractivity contribution in [2.24, 2.45) is 5.92 Å². The van der Waals surface area contributed by atoms with Crippen LogP contribution >= 0.6 is 0 Å². The van der Waals surface area contributed by atoms with Crippen LogP contribution < -0.4 is 5.32 Å². The van der Waals surface area contributed by atoms with Crippen LogP contribution in [0.3, 0.4) is 0 Å². The zero-order valence-corrected chi connectivity index (χ0v) is 10.5. The number of furan rings is 1. The average Bonchev–Trinajstić information content (AvgIpc) is 2.96. The molecule has 1 saturated heterocycles. The summed E-state index contributed by atoms with van der Waals surface area (Å²) in [5, 5.41) is 3.43. The molecule has 1 N–H and O–H groups in total. The van der Waals surface area contributed by atoms with Crippen molar-refractivity contribution in [2.45, 2.75) is 13.0 Å². The zero-order chi connectivity index (χ0) is 11.9. The molecule has 96 valence electrons. The molecule has 2 rings (SSSR count). The van der Waals surface area contributed by atoms with Gasteiger partial charge in [-0.3, -0.25) is 0 Å². The molecule has 0 aromatic carbocycles. The summed E-state index contributed by atoms with van der Waals surface area (Å²) >= 11 is 0. The van der Waals surface area contributed by atoms with Crippen LogP contribution in [0, 0.1) is 5.92 Å². The highest BCUT2D eigenvalue weighted by Gasteiger charge is 2.21. The number of hydrogen-bond acceptors (Lipinski definition) is 4. The van der Waals surface area contributed by atoms with Gasteiger partial charge in [0.1, 0.15) is 0 Å². The van der Waals surface area contributed by atoms with Gasteiger partial charge < -0.3 is 19.4 Å². The number of ether oxygens (including phenoxy) is 1. The van der Waals surface area contributed by atoms with Crippen molar-refractivity contribution in [3.8, 4) is 0 Å². The van der Waals surface area contributed by atoms with Crippen molar-refractivity contribution in [3.05, 3.63) is 24.2 Å². The topological polar surface area (TPSA) is 37.6 Å². The van der Waals surface area contributed by atoms with Gasteiger partial charge in [0.15, 0.2) is 0 Å². The van der Waals surface area contributed by atoms with E-state index in [4.69, 9.17) is 9.15 Å². The van der Waals surface area contributed by atoms with Crippen LogP contribution in [-0.2, 0) is 11.3 Å². The summed E-state index contributed by atoms with van der Waals surface area (Å²) in [5.74, 6) is 0.730. The summed E-state index contributed by atoms with van der Waals surface area (Å²) in [6, 6.07) is 2.00. The van der Waals surface area contributed by atoms with Crippen molar-refractivity contribution in [3.63, 3.8) is 0 Å². The second-order valence-electron chi connectivity index (χ2n) is 4.72. The summed E-state index contributed by atoms with van der Waals surface area (Å²) in [4.78, 5) is 2.51. The molecule has 1 aliphatic rings. The first-order valence-corrected chi connectivity index (χ1v) is 6.31. The number of hydrogen-bond donors (Lipinski definition) is 1. The van der Waals surface area contributed by atoms with E-state index in [0.717, 1.165) is 32.2 Å². The van der Waals surface area contributed by atoms with Crippen molar-refractivity contribution >= 4 is 0 Å². The van der Waals surface area contributed by atoms with Gasteiger partial charge in [0.25, 0.3) is 0 Å². The second kappa shape index (κ2) is 6.79. The van der Waals surface area contributed by atoms with E-state index in [-0.39, 0.29) is 0 Å². The first-order chi connectivity index (χ1) is 8.38. The van der Waals surface area contributed by atoms with E-state index >= 15 is 0 Å². The molecule has 0 saturated carbocycles. The van der Waals surface area contributed by atoms with E-state index in [9.17, 15) is 0 Å². The van der Waals surface area contributed by atoms with Crippen molar-refractivity contribution in [1.82, 2.24) is 10.2 Å². The lowest BCUT2D eigenvalue weighted by Crippen LogP contribution is -2.30. The Morgan fingerprint density at radius 3 is 3.29 bits per heavy atom. The lowest BCUT2D eigenvalue weighted by atomic mass is 10.1. The minimum Gasteiger partial charge on any atom is -0.472 e. The van der Waals surface area contributed by atoms with E-state index in [1.807, 2.05) is 6.07 Å². The molecule has 1 aromatic heterocycles. The highest BCUT2D eigenvalue weighted by molar-refractivity contribution is 5.04. The average molecular weight is 238 g/mol. The molecule has 1 aliphatic heterocycles. The Labute approximate surface area is 103 Å². The molecular weight excluding hydrogens is 216 g/mol. The Morgan fingerprint density at radius 1 is 1.59 bits per heavy atom. The van der Waals surface area contributed by atoms with Crippen molar-refractivity contribution in [2.75, 3.05) is 39.9 Å². The summed E-state index contributed by atoms with van der Waals surface area (Å²) in [6.45, 7) is 6.34. The number of nitrogens with one attached hydrogen (secondary N) is 1. The lowest BCUT2D eigenvalue weighted by Gasteiger charge is -2.15. The molecule has 0 bridgehead atoms. The third-order valence-corrected chi connectivity index (χ3v) is 3.29. The molecule has 1 atom stereocenters. The van der Waals surface area contributed by atoms with Crippen molar-refractivity contribution < 1.29 is 9.15 Å². The monoisotopic (exact) mass is 238 g/mol. The summed E-state index contributed by atoms with van der Waals surface area (Å²) in [5.41, 5.74) is 1.21. The van der Waals surface area contributed by atoms with E-state index in [1.165, 1.54) is 25.1 Å². The first-order valence-electron chi connectivity index (χ1n) is 6.31. The van der Waals surface area contributed by atoms with Gasteiger partial charge in [-0.05, 0) is 24.9 Å². The van der Waals surface area contributed by atoms with E-state index in [1.54, 1.807) is 19.6 Å². The largest absolute Gasteiger partial charge is 0.472 e. The van der Waals surface area contributed by atoms with Crippen molar-refractivity contribution in [1.29, 1.82) is 0 Å². The minimum atomic E-state index is 0.730. The van der Waals surface area contributed by atoms with Gasteiger partial charge in [-0.15, -0.1) is 0 Å². The smallest absolute Gasteiger partial charge is 0.0947 e. The van der Waals surface area contributed by atoms with E-state index in [2.05, 4.69) is 10.2 Å². The number of rotatable bonds is 7. The van der Waals surface area contributed by atoms with Crippen LogP contribution in [0.5, 0.6) is 0 Å². The molecule has 0 amide bonds. The predicted molar refractivity (Wildman–Crippen MR) is 66.8 cm³/mol. The highest BCUT2D eigenvalue weighted by atomic mass is 16.5. The first kappa shape index (κ1) is 12.6. The molecule has 1 unspecified atom stereocenters. The third-order valence-electron chi connectivity index (χ3n) is 3.29. The number of likely N-dealkylation sites (tertiary alicyclic amines) is 1. The maximum atomic E-state index is 5.20. The SMILES string of the molecule is COCC1CCN(CCNCc2ccoc2)C1. The predicted octanol–water partition coefficient (Wildman–Crippen LogP) is 1.34. The van der Waals surface area contributed by atoms with Gasteiger partial charge in [0.05, 0.1) is 19.1 Å².